The predicted octanol–water partition coefficient (Wildman–Crippen LogP) is 12.6. The second-order valence-electron chi connectivity index (χ2n) is 13.8. The fraction of sp³-hybridized carbons (Fsp3) is 0.900. The summed E-state index contributed by atoms with van der Waals surface area (Å²) in [6, 6.07) is 0. The van der Waals surface area contributed by atoms with E-state index in [0.29, 0.717) is 6.61 Å². The molecule has 0 aromatic carbocycles. The second-order valence-corrected chi connectivity index (χ2v) is 15.8. The Hall–Kier alpha value is -0.690. The number of hydrogen-bond donors (Lipinski definition) is 1. The third-order valence-corrected chi connectivity index (χ3v) is 11.6. The molecule has 0 aromatic heterocycles. The van der Waals surface area contributed by atoms with Gasteiger partial charge in [0.05, 0.1) is 13.2 Å². The minimum Gasteiger partial charge on any atom is -0.302 e. The van der Waals surface area contributed by atoms with E-state index < -0.39 is 14.9 Å². The molecular formula is C40H79NO4S. The van der Waals surface area contributed by atoms with Crippen molar-refractivity contribution in [2.24, 2.45) is 5.92 Å². The van der Waals surface area contributed by atoms with E-state index in [9.17, 15) is 8.42 Å². The maximum absolute atomic E-state index is 12.5. The van der Waals surface area contributed by atoms with Crippen LogP contribution in [-0.4, -0.2) is 32.9 Å². The largest absolute Gasteiger partial charge is 0.302 e. The Labute approximate surface area is 288 Å². The van der Waals surface area contributed by atoms with Crippen LogP contribution < -0.4 is 5.48 Å². The van der Waals surface area contributed by atoms with Crippen molar-refractivity contribution in [3.8, 4) is 0 Å². The molecule has 0 saturated heterocycles. The molecule has 1 aliphatic carbocycles. The van der Waals surface area contributed by atoms with Crippen molar-refractivity contribution in [2.45, 2.75) is 206 Å². The Kier molecular flexibility index (Phi) is 32.3. The van der Waals surface area contributed by atoms with Gasteiger partial charge in [-0.1, -0.05) is 199 Å². The average Bonchev–Trinajstić information content (AvgIpc) is 3.04. The minimum atomic E-state index is -3.58. The van der Waals surface area contributed by atoms with Crippen LogP contribution in [0, 0.1) is 5.92 Å². The number of hydrogen-bond acceptors (Lipinski definition) is 5. The number of unbranched alkanes of at least 4 members (excludes halogenated alkanes) is 24. The zero-order valence-corrected chi connectivity index (χ0v) is 32.3. The third-order valence-electron chi connectivity index (χ3n) is 9.50. The summed E-state index contributed by atoms with van der Waals surface area (Å²) >= 11 is 0. The van der Waals surface area contributed by atoms with Crippen molar-refractivity contribution in [3.05, 3.63) is 24.3 Å². The van der Waals surface area contributed by atoms with E-state index in [4.69, 9.17) is 9.02 Å². The molecule has 0 aromatic rings. The van der Waals surface area contributed by atoms with Crippen LogP contribution in [0.25, 0.3) is 0 Å². The highest BCUT2D eigenvalue weighted by molar-refractivity contribution is 7.88. The topological polar surface area (TPSA) is 64.6 Å². The number of rotatable bonds is 32. The average molecular weight is 670 g/mol. The van der Waals surface area contributed by atoms with Gasteiger partial charge in [0.1, 0.15) is 4.75 Å². The van der Waals surface area contributed by atoms with Gasteiger partial charge in [-0.3, -0.25) is 4.18 Å². The van der Waals surface area contributed by atoms with Crippen LogP contribution in [0.4, 0.5) is 0 Å². The summed E-state index contributed by atoms with van der Waals surface area (Å²) < 4.78 is 29.3. The quantitative estimate of drug-likeness (QED) is 0.0439. The van der Waals surface area contributed by atoms with E-state index in [2.05, 4.69) is 19.3 Å². The molecule has 2 unspecified atom stereocenters. The van der Waals surface area contributed by atoms with Crippen LogP contribution in [0.2, 0.25) is 0 Å². The van der Waals surface area contributed by atoms with Gasteiger partial charge < -0.3 is 4.84 Å². The molecule has 1 aliphatic rings. The Morgan fingerprint density at radius 1 is 0.587 bits per heavy atom. The molecule has 0 spiro atoms. The van der Waals surface area contributed by atoms with E-state index in [1.807, 2.05) is 26.0 Å². The molecule has 0 amide bonds. The monoisotopic (exact) mass is 670 g/mol. The highest BCUT2D eigenvalue weighted by atomic mass is 32.2. The first kappa shape index (κ1) is 45.3. The Morgan fingerprint density at radius 2 is 0.978 bits per heavy atom. The Balaban J connectivity index is 0.000000885. The van der Waals surface area contributed by atoms with Gasteiger partial charge in [-0.15, -0.1) is 0 Å². The van der Waals surface area contributed by atoms with Crippen molar-refractivity contribution in [1.29, 1.82) is 0 Å². The van der Waals surface area contributed by atoms with Gasteiger partial charge in [0, 0.05) is 6.54 Å². The van der Waals surface area contributed by atoms with Crippen molar-refractivity contribution in [3.63, 3.8) is 0 Å². The van der Waals surface area contributed by atoms with E-state index >= 15 is 0 Å². The molecule has 2 atom stereocenters. The number of nitrogens with one attached hydrogen (secondary N) is 1. The van der Waals surface area contributed by atoms with E-state index in [-0.39, 0.29) is 5.92 Å². The maximum atomic E-state index is 12.5. The smallest absolute Gasteiger partial charge is 0.277 e. The molecule has 0 saturated carbocycles. The standard InChI is InChI=1S/C20H43NO.C20H36O3S/c1-3-5-6-7-8-9-10-11-12-13-14-15-16-17-18-19-20-21-22-4-2;1-4-5-6-7-8-9-10-11-12-15-18-23-24(21,22)20(3)17-14-13-16-19(20)2/h21H,3-20H2,1-2H3;13-14,16-17,19H,4-12,15,18H2,1-3H3. The zero-order valence-electron chi connectivity index (χ0n) is 31.4. The lowest BCUT2D eigenvalue weighted by molar-refractivity contribution is 0.0500. The second kappa shape index (κ2) is 32.8. The summed E-state index contributed by atoms with van der Waals surface area (Å²) in [5, 5.41) is 0. The van der Waals surface area contributed by atoms with Crippen LogP contribution >= 0.6 is 0 Å². The molecule has 0 fully saturated rings. The van der Waals surface area contributed by atoms with Gasteiger partial charge in [0.2, 0.25) is 0 Å². The maximum Gasteiger partial charge on any atom is 0.277 e. The zero-order chi connectivity index (χ0) is 34.0. The van der Waals surface area contributed by atoms with Crippen molar-refractivity contribution in [2.75, 3.05) is 19.8 Å². The molecule has 0 radical (unpaired) electrons. The van der Waals surface area contributed by atoms with Crippen LogP contribution in [0.3, 0.4) is 0 Å². The first-order valence-electron chi connectivity index (χ1n) is 19.9. The van der Waals surface area contributed by atoms with E-state index in [0.717, 1.165) is 26.0 Å². The van der Waals surface area contributed by atoms with Crippen LogP contribution in [-0.2, 0) is 19.1 Å². The fourth-order valence-corrected chi connectivity index (χ4v) is 7.31. The molecule has 5 nitrogen and oxygen atoms in total. The van der Waals surface area contributed by atoms with Crippen LogP contribution in [0.15, 0.2) is 24.3 Å². The van der Waals surface area contributed by atoms with Gasteiger partial charge in [-0.05, 0) is 32.6 Å². The minimum absolute atomic E-state index is 0.0693. The summed E-state index contributed by atoms with van der Waals surface area (Å²) in [5.74, 6) is -0.0693. The SMILES string of the molecule is CCCCCCCCCCCCCCCCCCNOCC.CCCCCCCCCCCCOS(=O)(=O)C1(C)C=CC=CC1C. The van der Waals surface area contributed by atoms with Crippen LogP contribution in [0.5, 0.6) is 0 Å². The summed E-state index contributed by atoms with van der Waals surface area (Å²) in [7, 11) is -3.58. The lowest BCUT2D eigenvalue weighted by Crippen LogP contribution is -2.41. The van der Waals surface area contributed by atoms with Crippen LogP contribution in [0.1, 0.15) is 202 Å². The lowest BCUT2D eigenvalue weighted by atomic mass is 9.91. The number of hydroxylamine groups is 1. The van der Waals surface area contributed by atoms with Crippen molar-refractivity contribution in [1.82, 2.24) is 5.48 Å². The molecule has 0 heterocycles. The highest BCUT2D eigenvalue weighted by Gasteiger charge is 2.42. The fourth-order valence-electron chi connectivity index (χ4n) is 5.94. The molecule has 6 heteroatoms. The molecule has 0 aliphatic heterocycles. The normalized spacial score (nSPS) is 17.7. The van der Waals surface area contributed by atoms with Crippen molar-refractivity contribution >= 4 is 10.1 Å². The molecule has 1 rings (SSSR count). The summed E-state index contributed by atoms with van der Waals surface area (Å²) in [5.41, 5.74) is 2.98. The molecule has 46 heavy (non-hydrogen) atoms. The summed E-state index contributed by atoms with van der Waals surface area (Å²) in [6.07, 6.45) is 42.5. The van der Waals surface area contributed by atoms with Crippen molar-refractivity contribution < 1.29 is 17.4 Å². The summed E-state index contributed by atoms with van der Waals surface area (Å²) in [6.45, 7) is 12.3. The summed E-state index contributed by atoms with van der Waals surface area (Å²) in [4.78, 5) is 5.11. The highest BCUT2D eigenvalue weighted by Crippen LogP contribution is 2.33. The van der Waals surface area contributed by atoms with E-state index in [1.165, 1.54) is 154 Å². The van der Waals surface area contributed by atoms with Gasteiger partial charge in [0.15, 0.2) is 0 Å². The van der Waals surface area contributed by atoms with Gasteiger partial charge >= 0.3 is 0 Å². The predicted molar refractivity (Wildman–Crippen MR) is 202 cm³/mol. The molecule has 1 N–H and O–H groups in total. The first-order valence-corrected chi connectivity index (χ1v) is 21.4. The first-order chi connectivity index (χ1) is 22.4. The van der Waals surface area contributed by atoms with Gasteiger partial charge in [-0.25, -0.2) is 5.48 Å². The molecule has 0 bridgehead atoms. The molecule has 274 valence electrons. The third kappa shape index (κ3) is 25.3. The van der Waals surface area contributed by atoms with E-state index in [1.54, 1.807) is 19.1 Å². The number of allylic oxidation sites excluding steroid dienone is 3. The lowest BCUT2D eigenvalue weighted by Gasteiger charge is -2.31. The Bertz CT molecular complexity index is 777. The molecular weight excluding hydrogens is 591 g/mol. The van der Waals surface area contributed by atoms with Gasteiger partial charge in [0.25, 0.3) is 10.1 Å². The Morgan fingerprint density at radius 3 is 1.37 bits per heavy atom. The van der Waals surface area contributed by atoms with Gasteiger partial charge in [-0.2, -0.15) is 8.42 Å².